The molecule has 0 saturated heterocycles. The van der Waals surface area contributed by atoms with Gasteiger partial charge in [0.25, 0.3) is 5.91 Å². The lowest BCUT2D eigenvalue weighted by atomic mass is 10.1. The van der Waals surface area contributed by atoms with Gasteiger partial charge in [-0.25, -0.2) is 0 Å². The van der Waals surface area contributed by atoms with Crippen LogP contribution in [-0.4, -0.2) is 28.5 Å². The van der Waals surface area contributed by atoms with Crippen LogP contribution in [0.2, 0.25) is 0 Å². The van der Waals surface area contributed by atoms with Crippen molar-refractivity contribution >= 4 is 11.6 Å². The Morgan fingerprint density at radius 3 is 2.65 bits per heavy atom. The summed E-state index contributed by atoms with van der Waals surface area (Å²) < 4.78 is 0. The summed E-state index contributed by atoms with van der Waals surface area (Å²) in [5, 5.41) is 9.59. The monoisotopic (exact) mass is 276 g/mol. The van der Waals surface area contributed by atoms with Crippen LogP contribution in [-0.2, 0) is 0 Å². The summed E-state index contributed by atoms with van der Waals surface area (Å²) >= 11 is 0. The molecule has 1 aliphatic rings. The Morgan fingerprint density at radius 2 is 2.05 bits per heavy atom. The van der Waals surface area contributed by atoms with E-state index >= 15 is 0 Å². The van der Waals surface area contributed by atoms with Gasteiger partial charge in [0.05, 0.1) is 5.56 Å². The van der Waals surface area contributed by atoms with Crippen LogP contribution in [0.4, 0.5) is 5.69 Å². The number of nitrogen functional groups attached to an aromatic ring is 1. The van der Waals surface area contributed by atoms with Crippen LogP contribution in [0, 0.1) is 5.92 Å². The molecular formula is C16H24N2O2. The lowest BCUT2D eigenvalue weighted by Gasteiger charge is -2.31. The molecule has 1 saturated carbocycles. The minimum absolute atomic E-state index is 0.0565. The molecule has 110 valence electrons. The zero-order valence-electron chi connectivity index (χ0n) is 12.3. The van der Waals surface area contributed by atoms with Gasteiger partial charge in [-0.05, 0) is 37.0 Å². The van der Waals surface area contributed by atoms with Crippen molar-refractivity contribution in [3.63, 3.8) is 0 Å². The van der Waals surface area contributed by atoms with Gasteiger partial charge in [-0.3, -0.25) is 4.79 Å². The molecule has 0 bridgehead atoms. The normalized spacial score (nSPS) is 15.8. The molecule has 2 rings (SSSR count). The average Bonchev–Trinajstić information content (AvgIpc) is 2.91. The molecule has 0 aliphatic heterocycles. The van der Waals surface area contributed by atoms with Crippen molar-refractivity contribution in [2.24, 2.45) is 5.92 Å². The van der Waals surface area contributed by atoms with Crippen LogP contribution in [0.25, 0.3) is 0 Å². The van der Waals surface area contributed by atoms with E-state index in [1.165, 1.54) is 25.0 Å². The largest absolute Gasteiger partial charge is 0.508 e. The third kappa shape index (κ3) is 3.24. The predicted molar refractivity (Wildman–Crippen MR) is 80.6 cm³/mol. The summed E-state index contributed by atoms with van der Waals surface area (Å²) in [5.74, 6) is 0.440. The smallest absolute Gasteiger partial charge is 0.256 e. The van der Waals surface area contributed by atoms with Gasteiger partial charge in [-0.2, -0.15) is 0 Å². The second-order valence-corrected chi connectivity index (χ2v) is 6.06. The third-order valence-electron chi connectivity index (χ3n) is 3.86. The van der Waals surface area contributed by atoms with Gasteiger partial charge < -0.3 is 15.7 Å². The molecule has 4 heteroatoms. The summed E-state index contributed by atoms with van der Waals surface area (Å²) in [6.07, 6.45) is 4.50. The molecule has 1 aliphatic carbocycles. The lowest BCUT2D eigenvalue weighted by molar-refractivity contribution is 0.0656. The van der Waals surface area contributed by atoms with E-state index in [0.29, 0.717) is 23.2 Å². The zero-order valence-corrected chi connectivity index (χ0v) is 12.3. The molecule has 0 radical (unpaired) electrons. The number of aromatic hydroxyl groups is 1. The van der Waals surface area contributed by atoms with E-state index in [0.717, 1.165) is 19.4 Å². The highest BCUT2D eigenvalue weighted by atomic mass is 16.3. The maximum Gasteiger partial charge on any atom is 0.256 e. The van der Waals surface area contributed by atoms with Crippen LogP contribution in [0.5, 0.6) is 5.75 Å². The van der Waals surface area contributed by atoms with Crippen molar-refractivity contribution < 1.29 is 9.90 Å². The number of hydrogen-bond donors (Lipinski definition) is 2. The lowest BCUT2D eigenvalue weighted by Crippen LogP contribution is -2.41. The van der Waals surface area contributed by atoms with Crippen molar-refractivity contribution in [3.05, 3.63) is 23.8 Å². The minimum Gasteiger partial charge on any atom is -0.508 e. The number of phenols is 1. The molecule has 0 heterocycles. The molecule has 4 nitrogen and oxygen atoms in total. The Morgan fingerprint density at radius 1 is 1.40 bits per heavy atom. The molecule has 0 atom stereocenters. The van der Waals surface area contributed by atoms with Crippen molar-refractivity contribution in [1.82, 2.24) is 4.90 Å². The fourth-order valence-electron chi connectivity index (χ4n) is 2.89. The van der Waals surface area contributed by atoms with Gasteiger partial charge in [-0.1, -0.05) is 26.7 Å². The highest BCUT2D eigenvalue weighted by molar-refractivity contribution is 5.99. The molecule has 1 fully saturated rings. The Bertz CT molecular complexity index is 479. The topological polar surface area (TPSA) is 66.6 Å². The first-order valence-corrected chi connectivity index (χ1v) is 7.38. The highest BCUT2D eigenvalue weighted by Crippen LogP contribution is 2.28. The Labute approximate surface area is 120 Å². The van der Waals surface area contributed by atoms with Crippen LogP contribution in [0.15, 0.2) is 18.2 Å². The Balaban J connectivity index is 2.27. The quantitative estimate of drug-likeness (QED) is 0.656. The fraction of sp³-hybridized carbons (Fsp3) is 0.562. The van der Waals surface area contributed by atoms with Crippen molar-refractivity contribution in [2.75, 3.05) is 12.3 Å². The Hall–Kier alpha value is -1.71. The maximum absolute atomic E-state index is 12.8. The van der Waals surface area contributed by atoms with Gasteiger partial charge in [0, 0.05) is 18.3 Å². The van der Waals surface area contributed by atoms with Crippen molar-refractivity contribution in [3.8, 4) is 5.75 Å². The van der Waals surface area contributed by atoms with E-state index in [4.69, 9.17) is 5.73 Å². The van der Waals surface area contributed by atoms with E-state index in [2.05, 4.69) is 13.8 Å². The number of nitrogens with two attached hydrogens (primary N) is 1. The summed E-state index contributed by atoms with van der Waals surface area (Å²) in [6.45, 7) is 4.96. The molecule has 0 aromatic heterocycles. The minimum atomic E-state index is -0.0565. The van der Waals surface area contributed by atoms with E-state index in [1.54, 1.807) is 6.07 Å². The van der Waals surface area contributed by atoms with E-state index in [1.807, 2.05) is 4.90 Å². The number of nitrogens with zero attached hydrogens (tertiary/aromatic N) is 1. The van der Waals surface area contributed by atoms with Gasteiger partial charge in [0.2, 0.25) is 0 Å². The number of hydrogen-bond acceptors (Lipinski definition) is 3. The first kappa shape index (κ1) is 14.7. The molecule has 1 aromatic rings. The number of phenolic OH excluding ortho intramolecular Hbond substituents is 1. The molecule has 0 spiro atoms. The number of carbonyl (C=O) groups is 1. The summed E-state index contributed by atoms with van der Waals surface area (Å²) in [5.41, 5.74) is 6.74. The highest BCUT2D eigenvalue weighted by Gasteiger charge is 2.28. The SMILES string of the molecule is CC(C)CN(C(=O)c1cc(O)ccc1N)C1CCCC1. The van der Waals surface area contributed by atoms with E-state index in [9.17, 15) is 9.90 Å². The molecule has 1 aromatic carbocycles. The number of carbonyl (C=O) groups excluding carboxylic acids is 1. The van der Waals surface area contributed by atoms with E-state index < -0.39 is 0 Å². The maximum atomic E-state index is 12.8. The summed E-state index contributed by atoms with van der Waals surface area (Å²) in [6, 6.07) is 4.88. The third-order valence-corrected chi connectivity index (χ3v) is 3.86. The average molecular weight is 276 g/mol. The van der Waals surface area contributed by atoms with Crippen LogP contribution < -0.4 is 5.73 Å². The number of benzene rings is 1. The molecule has 3 N–H and O–H groups in total. The number of rotatable bonds is 4. The van der Waals surface area contributed by atoms with Gasteiger partial charge >= 0.3 is 0 Å². The first-order chi connectivity index (χ1) is 9.49. The van der Waals surface area contributed by atoms with Crippen LogP contribution in [0.1, 0.15) is 49.9 Å². The van der Waals surface area contributed by atoms with E-state index in [-0.39, 0.29) is 11.7 Å². The van der Waals surface area contributed by atoms with Crippen LogP contribution in [0.3, 0.4) is 0 Å². The second kappa shape index (κ2) is 6.16. The summed E-state index contributed by atoms with van der Waals surface area (Å²) in [4.78, 5) is 14.7. The fourth-order valence-corrected chi connectivity index (χ4v) is 2.89. The molecule has 20 heavy (non-hydrogen) atoms. The van der Waals surface area contributed by atoms with Crippen molar-refractivity contribution in [1.29, 1.82) is 0 Å². The van der Waals surface area contributed by atoms with Gasteiger partial charge in [-0.15, -0.1) is 0 Å². The summed E-state index contributed by atoms with van der Waals surface area (Å²) in [7, 11) is 0. The zero-order chi connectivity index (χ0) is 14.7. The molecular weight excluding hydrogens is 252 g/mol. The number of amides is 1. The number of anilines is 1. The van der Waals surface area contributed by atoms with Crippen molar-refractivity contribution in [2.45, 2.75) is 45.6 Å². The van der Waals surface area contributed by atoms with Crippen LogP contribution >= 0.6 is 0 Å². The Kier molecular flexibility index (Phi) is 4.53. The second-order valence-electron chi connectivity index (χ2n) is 6.06. The molecule has 0 unspecified atom stereocenters. The van der Waals surface area contributed by atoms with Gasteiger partial charge in [0.1, 0.15) is 5.75 Å². The standard InChI is InChI=1S/C16H24N2O2/c1-11(2)10-18(12-5-3-4-6-12)16(20)14-9-13(19)7-8-15(14)17/h7-9,11-12,19H,3-6,10,17H2,1-2H3. The van der Waals surface area contributed by atoms with Gasteiger partial charge in [0.15, 0.2) is 0 Å². The first-order valence-electron chi connectivity index (χ1n) is 7.38. The molecule has 1 amide bonds. The predicted octanol–water partition coefficient (Wildman–Crippen LogP) is 3.02.